The predicted molar refractivity (Wildman–Crippen MR) is 114 cm³/mol. The first-order valence-electron chi connectivity index (χ1n) is 10.1. The van der Waals surface area contributed by atoms with Gasteiger partial charge >= 0.3 is 12.6 Å². The first-order chi connectivity index (χ1) is 15.4. The number of anilines is 2. The first kappa shape index (κ1) is 21.5. The number of benzene rings is 1. The average Bonchev–Trinajstić information content (AvgIpc) is 2.80. The molecular formula is C21H21F2N5O4. The van der Waals surface area contributed by atoms with E-state index in [-0.39, 0.29) is 23.2 Å². The van der Waals surface area contributed by atoms with E-state index in [1.165, 1.54) is 22.9 Å². The zero-order valence-corrected chi connectivity index (χ0v) is 17.2. The number of ether oxygens (including phenoxy) is 1. The highest BCUT2D eigenvalue weighted by molar-refractivity contribution is 5.96. The first-order valence-corrected chi connectivity index (χ1v) is 10.1. The van der Waals surface area contributed by atoms with E-state index in [9.17, 15) is 23.5 Å². The van der Waals surface area contributed by atoms with Gasteiger partial charge in [-0.25, -0.2) is 14.8 Å². The van der Waals surface area contributed by atoms with Crippen LogP contribution >= 0.6 is 0 Å². The van der Waals surface area contributed by atoms with Crippen LogP contribution in [0.2, 0.25) is 0 Å². The predicted octanol–water partition coefficient (Wildman–Crippen LogP) is 2.44. The maximum atomic E-state index is 13.4. The van der Waals surface area contributed by atoms with Gasteiger partial charge in [0.2, 0.25) is 11.4 Å². The van der Waals surface area contributed by atoms with Crippen molar-refractivity contribution >= 4 is 28.5 Å². The van der Waals surface area contributed by atoms with Crippen molar-refractivity contribution in [2.75, 3.05) is 36.0 Å². The second kappa shape index (κ2) is 8.77. The number of halogens is 2. The SMILES string of the molecule is CCn1cc(C(=O)O)c(=O)c2ccc(N3CCN(c4ncccn4)CC3)c(OC(F)F)c21. The molecule has 3 heterocycles. The third-order valence-corrected chi connectivity index (χ3v) is 5.41. The summed E-state index contributed by atoms with van der Waals surface area (Å²) in [4.78, 5) is 36.5. The summed E-state index contributed by atoms with van der Waals surface area (Å²) in [7, 11) is 0. The Hall–Kier alpha value is -3.76. The Morgan fingerprint density at radius 1 is 1.16 bits per heavy atom. The van der Waals surface area contributed by atoms with E-state index in [4.69, 9.17) is 4.74 Å². The fraction of sp³-hybridized carbons (Fsp3) is 0.333. The number of carbonyl (C=O) groups is 1. The molecule has 0 bridgehead atoms. The van der Waals surface area contributed by atoms with Crippen LogP contribution in [0.1, 0.15) is 17.3 Å². The summed E-state index contributed by atoms with van der Waals surface area (Å²) < 4.78 is 33.1. The van der Waals surface area contributed by atoms with Crippen LogP contribution in [0.4, 0.5) is 20.4 Å². The topological polar surface area (TPSA) is 101 Å². The molecule has 0 saturated carbocycles. The van der Waals surface area contributed by atoms with E-state index >= 15 is 0 Å². The molecule has 2 aromatic heterocycles. The molecule has 0 spiro atoms. The minimum absolute atomic E-state index is 0.0162. The van der Waals surface area contributed by atoms with E-state index in [0.29, 0.717) is 37.8 Å². The van der Waals surface area contributed by atoms with Crippen molar-refractivity contribution in [3.63, 3.8) is 0 Å². The van der Waals surface area contributed by atoms with Crippen LogP contribution in [0.15, 0.2) is 41.6 Å². The quantitative estimate of drug-likeness (QED) is 0.618. The summed E-state index contributed by atoms with van der Waals surface area (Å²) >= 11 is 0. The maximum Gasteiger partial charge on any atom is 0.387 e. The number of aromatic nitrogens is 3. The number of rotatable bonds is 6. The van der Waals surface area contributed by atoms with E-state index < -0.39 is 23.6 Å². The largest absolute Gasteiger partial charge is 0.477 e. The zero-order valence-electron chi connectivity index (χ0n) is 17.2. The second-order valence-corrected chi connectivity index (χ2v) is 7.17. The second-order valence-electron chi connectivity index (χ2n) is 7.17. The molecule has 1 aliphatic rings. The molecule has 0 radical (unpaired) electrons. The summed E-state index contributed by atoms with van der Waals surface area (Å²) in [6.07, 6.45) is 4.48. The van der Waals surface area contributed by atoms with Gasteiger partial charge < -0.3 is 24.2 Å². The zero-order chi connectivity index (χ0) is 22.8. The molecular weight excluding hydrogens is 424 g/mol. The Bertz CT molecular complexity index is 1190. The van der Waals surface area contributed by atoms with Crippen LogP contribution in [0, 0.1) is 0 Å². The molecule has 3 aromatic rings. The average molecular weight is 445 g/mol. The van der Waals surface area contributed by atoms with E-state index in [1.807, 2.05) is 9.80 Å². The molecule has 32 heavy (non-hydrogen) atoms. The molecule has 11 heteroatoms. The van der Waals surface area contributed by atoms with E-state index in [1.54, 1.807) is 25.4 Å². The number of pyridine rings is 1. The highest BCUT2D eigenvalue weighted by atomic mass is 19.3. The molecule has 9 nitrogen and oxygen atoms in total. The molecule has 0 amide bonds. The lowest BCUT2D eigenvalue weighted by Gasteiger charge is -2.37. The van der Waals surface area contributed by atoms with Crippen molar-refractivity contribution in [3.05, 3.63) is 52.6 Å². The third-order valence-electron chi connectivity index (χ3n) is 5.41. The number of hydrogen-bond donors (Lipinski definition) is 1. The van der Waals surface area contributed by atoms with Crippen LogP contribution in [-0.2, 0) is 6.54 Å². The van der Waals surface area contributed by atoms with Gasteiger partial charge in [-0.2, -0.15) is 8.78 Å². The lowest BCUT2D eigenvalue weighted by Crippen LogP contribution is -2.47. The molecule has 1 fully saturated rings. The minimum atomic E-state index is -3.11. The monoisotopic (exact) mass is 445 g/mol. The number of nitrogens with zero attached hydrogens (tertiary/aromatic N) is 5. The number of fused-ring (bicyclic) bond motifs is 1. The van der Waals surface area contributed by atoms with Gasteiger partial charge in [-0.05, 0) is 25.1 Å². The number of carboxylic acid groups (broad SMARTS) is 1. The lowest BCUT2D eigenvalue weighted by atomic mass is 10.1. The summed E-state index contributed by atoms with van der Waals surface area (Å²) in [5.74, 6) is -0.924. The van der Waals surface area contributed by atoms with Crippen LogP contribution in [0.3, 0.4) is 0 Å². The highest BCUT2D eigenvalue weighted by Crippen LogP contribution is 2.37. The molecule has 0 atom stereocenters. The fourth-order valence-corrected chi connectivity index (χ4v) is 3.91. The van der Waals surface area contributed by atoms with Gasteiger partial charge in [-0.3, -0.25) is 4.79 Å². The number of piperazine rings is 1. The van der Waals surface area contributed by atoms with Crippen LogP contribution in [0.5, 0.6) is 5.75 Å². The lowest BCUT2D eigenvalue weighted by molar-refractivity contribution is -0.0487. The number of carboxylic acids is 1. The minimum Gasteiger partial charge on any atom is -0.477 e. The van der Waals surface area contributed by atoms with Gasteiger partial charge in [0.25, 0.3) is 0 Å². The van der Waals surface area contributed by atoms with Crippen molar-refractivity contribution < 1.29 is 23.4 Å². The number of aromatic carboxylic acids is 1. The van der Waals surface area contributed by atoms with Gasteiger partial charge in [0.05, 0.1) is 16.6 Å². The Morgan fingerprint density at radius 2 is 1.81 bits per heavy atom. The normalized spacial score (nSPS) is 14.2. The molecule has 4 rings (SSSR count). The molecule has 1 saturated heterocycles. The van der Waals surface area contributed by atoms with Crippen molar-refractivity contribution in [2.24, 2.45) is 0 Å². The number of alkyl halides is 2. The Kier molecular flexibility index (Phi) is 5.89. The highest BCUT2D eigenvalue weighted by Gasteiger charge is 2.26. The molecule has 1 aromatic carbocycles. The van der Waals surface area contributed by atoms with Crippen LogP contribution < -0.4 is 20.0 Å². The smallest absolute Gasteiger partial charge is 0.387 e. The molecule has 0 unspecified atom stereocenters. The van der Waals surface area contributed by atoms with Crippen LogP contribution in [0.25, 0.3) is 10.9 Å². The van der Waals surface area contributed by atoms with Gasteiger partial charge in [-0.1, -0.05) is 0 Å². The molecule has 1 aliphatic heterocycles. The van der Waals surface area contributed by atoms with Crippen LogP contribution in [-0.4, -0.2) is 58.4 Å². The summed E-state index contributed by atoms with van der Waals surface area (Å²) in [6, 6.07) is 4.73. The summed E-state index contributed by atoms with van der Waals surface area (Å²) in [5, 5.41) is 9.37. The molecule has 1 N–H and O–H groups in total. The molecule has 0 aliphatic carbocycles. The Morgan fingerprint density at radius 3 is 2.41 bits per heavy atom. The fourth-order valence-electron chi connectivity index (χ4n) is 3.91. The summed E-state index contributed by atoms with van der Waals surface area (Å²) in [6.45, 7) is 0.994. The van der Waals surface area contributed by atoms with Crippen molar-refractivity contribution in [2.45, 2.75) is 20.1 Å². The van der Waals surface area contributed by atoms with E-state index in [2.05, 4.69) is 9.97 Å². The summed E-state index contributed by atoms with van der Waals surface area (Å²) in [5.41, 5.74) is -0.606. The Balaban J connectivity index is 1.77. The van der Waals surface area contributed by atoms with Crippen molar-refractivity contribution in [3.8, 4) is 5.75 Å². The van der Waals surface area contributed by atoms with Crippen molar-refractivity contribution in [1.82, 2.24) is 14.5 Å². The van der Waals surface area contributed by atoms with Gasteiger partial charge in [-0.15, -0.1) is 0 Å². The molecule has 168 valence electrons. The number of aryl methyl sites for hydroxylation is 1. The van der Waals surface area contributed by atoms with Gasteiger partial charge in [0, 0.05) is 51.3 Å². The van der Waals surface area contributed by atoms with Gasteiger partial charge in [0.15, 0.2) is 5.75 Å². The van der Waals surface area contributed by atoms with Crippen molar-refractivity contribution in [1.29, 1.82) is 0 Å². The third kappa shape index (κ3) is 3.93. The maximum absolute atomic E-state index is 13.4. The standard InChI is InChI=1S/C21H21F2N5O4/c1-2-26-12-14(19(30)31)17(29)13-4-5-15(18(16(13)26)32-20(22)23)27-8-10-28(11-9-27)21-24-6-3-7-25-21/h3-7,12,20H,2,8-11H2,1H3,(H,30,31). The van der Waals surface area contributed by atoms with E-state index in [0.717, 1.165) is 0 Å². The Labute approximate surface area is 181 Å². The van der Waals surface area contributed by atoms with Gasteiger partial charge in [0.1, 0.15) is 5.56 Å². The number of hydrogen-bond acceptors (Lipinski definition) is 7.